The van der Waals surface area contributed by atoms with Crippen molar-refractivity contribution in [3.05, 3.63) is 0 Å². The van der Waals surface area contributed by atoms with Crippen LogP contribution in [0.3, 0.4) is 0 Å². The molecule has 1 N–H and O–H groups in total. The fraction of sp³-hybridized carbons (Fsp3) is 0.944. The summed E-state index contributed by atoms with van der Waals surface area (Å²) in [6, 6.07) is 0.420. The topological polar surface area (TPSA) is 35.6 Å². The normalized spacial score (nSPS) is 28.0. The van der Waals surface area contributed by atoms with E-state index in [2.05, 4.69) is 35.9 Å². The number of rotatable bonds is 6. The van der Waals surface area contributed by atoms with Crippen LogP contribution in [0.1, 0.15) is 52.9 Å². The van der Waals surface area contributed by atoms with Gasteiger partial charge in [0.25, 0.3) is 0 Å². The zero-order valence-electron chi connectivity index (χ0n) is 14.8. The molecule has 2 atom stereocenters. The van der Waals surface area contributed by atoms with Crippen LogP contribution in [0, 0.1) is 11.8 Å². The third-order valence-corrected chi connectivity index (χ3v) is 5.16. The van der Waals surface area contributed by atoms with Gasteiger partial charge in [0.2, 0.25) is 5.91 Å². The second kappa shape index (κ2) is 8.88. The molecule has 2 unspecified atom stereocenters. The lowest BCUT2D eigenvalue weighted by atomic mass is 9.87. The Kier molecular flexibility index (Phi) is 7.16. The van der Waals surface area contributed by atoms with Gasteiger partial charge in [0.1, 0.15) is 0 Å². The second-order valence-electron chi connectivity index (χ2n) is 7.84. The predicted octanol–water partition coefficient (Wildman–Crippen LogP) is 2.34. The van der Waals surface area contributed by atoms with Crippen LogP contribution < -0.4 is 5.32 Å². The van der Waals surface area contributed by atoms with E-state index in [4.69, 9.17) is 0 Å². The third kappa shape index (κ3) is 6.25. The molecule has 1 amide bonds. The van der Waals surface area contributed by atoms with Crippen molar-refractivity contribution >= 4 is 5.91 Å². The van der Waals surface area contributed by atoms with Crippen LogP contribution in [0.5, 0.6) is 0 Å². The van der Waals surface area contributed by atoms with Crippen molar-refractivity contribution in [1.82, 2.24) is 15.1 Å². The Morgan fingerprint density at radius 2 is 1.82 bits per heavy atom. The minimum absolute atomic E-state index is 0.231. The first-order valence-electron chi connectivity index (χ1n) is 9.27. The van der Waals surface area contributed by atoms with Gasteiger partial charge in [-0.25, -0.2) is 0 Å². The number of nitrogens with one attached hydrogen (secondary N) is 1. The summed E-state index contributed by atoms with van der Waals surface area (Å²) in [4.78, 5) is 17.1. The lowest BCUT2D eigenvalue weighted by molar-refractivity contribution is -0.123. The molecule has 4 heteroatoms. The molecule has 1 saturated heterocycles. The first kappa shape index (κ1) is 17.7. The van der Waals surface area contributed by atoms with Crippen LogP contribution in [0.25, 0.3) is 0 Å². The average molecular weight is 309 g/mol. The van der Waals surface area contributed by atoms with Crippen molar-refractivity contribution in [1.29, 1.82) is 0 Å². The summed E-state index contributed by atoms with van der Waals surface area (Å²) < 4.78 is 0. The van der Waals surface area contributed by atoms with Gasteiger partial charge in [-0.1, -0.05) is 33.6 Å². The van der Waals surface area contributed by atoms with E-state index >= 15 is 0 Å². The summed E-state index contributed by atoms with van der Waals surface area (Å²) in [5.74, 6) is 1.78. The second-order valence-corrected chi connectivity index (χ2v) is 7.84. The molecular formula is C18H35N3O. The molecule has 1 saturated carbocycles. The Morgan fingerprint density at radius 3 is 2.45 bits per heavy atom. The SMILES string of the molecule is CC(C)CCN1CCN(CC(=O)NC2CCCC(C)C2)CC1. The molecule has 2 aliphatic rings. The summed E-state index contributed by atoms with van der Waals surface area (Å²) in [6.45, 7) is 13.0. The maximum atomic E-state index is 12.2. The smallest absolute Gasteiger partial charge is 0.234 e. The average Bonchev–Trinajstić information content (AvgIpc) is 2.46. The number of hydrogen-bond acceptors (Lipinski definition) is 3. The van der Waals surface area contributed by atoms with Gasteiger partial charge in [-0.15, -0.1) is 0 Å². The molecule has 4 nitrogen and oxygen atoms in total. The van der Waals surface area contributed by atoms with E-state index in [1.165, 1.54) is 32.2 Å². The maximum Gasteiger partial charge on any atom is 0.234 e. The Labute approximate surface area is 136 Å². The summed E-state index contributed by atoms with van der Waals surface area (Å²) >= 11 is 0. The largest absolute Gasteiger partial charge is 0.352 e. The predicted molar refractivity (Wildman–Crippen MR) is 91.9 cm³/mol. The zero-order chi connectivity index (χ0) is 15.9. The summed E-state index contributed by atoms with van der Waals surface area (Å²) in [5, 5.41) is 3.25. The molecule has 0 bridgehead atoms. The molecule has 0 aromatic carbocycles. The van der Waals surface area contributed by atoms with Crippen molar-refractivity contribution in [2.24, 2.45) is 11.8 Å². The van der Waals surface area contributed by atoms with E-state index in [1.807, 2.05) is 0 Å². The van der Waals surface area contributed by atoms with Crippen molar-refractivity contribution in [2.45, 2.75) is 58.9 Å². The highest BCUT2D eigenvalue weighted by atomic mass is 16.2. The number of hydrogen-bond donors (Lipinski definition) is 1. The number of nitrogens with zero attached hydrogens (tertiary/aromatic N) is 2. The lowest BCUT2D eigenvalue weighted by Gasteiger charge is -2.35. The molecule has 0 aromatic rings. The van der Waals surface area contributed by atoms with Crippen molar-refractivity contribution in [3.63, 3.8) is 0 Å². The molecule has 128 valence electrons. The minimum atomic E-state index is 0.231. The van der Waals surface area contributed by atoms with E-state index in [0.717, 1.165) is 44.4 Å². The van der Waals surface area contributed by atoms with Crippen LogP contribution in [0.15, 0.2) is 0 Å². The van der Waals surface area contributed by atoms with E-state index in [9.17, 15) is 4.79 Å². The standard InChI is InChI=1S/C18H35N3O/c1-15(2)7-8-20-9-11-21(12-10-20)14-18(22)19-17-6-4-5-16(3)13-17/h15-17H,4-14H2,1-3H3,(H,19,22). The molecule has 0 radical (unpaired) electrons. The molecule has 22 heavy (non-hydrogen) atoms. The summed E-state index contributed by atoms with van der Waals surface area (Å²) in [5.41, 5.74) is 0. The molecule has 2 rings (SSSR count). The highest BCUT2D eigenvalue weighted by Crippen LogP contribution is 2.23. The Hall–Kier alpha value is -0.610. The highest BCUT2D eigenvalue weighted by Gasteiger charge is 2.23. The summed E-state index contributed by atoms with van der Waals surface area (Å²) in [6.07, 6.45) is 6.19. The quantitative estimate of drug-likeness (QED) is 0.818. The number of carbonyl (C=O) groups excluding carboxylic acids is 1. The van der Waals surface area contributed by atoms with Crippen LogP contribution >= 0.6 is 0 Å². The van der Waals surface area contributed by atoms with E-state index in [-0.39, 0.29) is 5.91 Å². The fourth-order valence-electron chi connectivity index (χ4n) is 3.65. The van der Waals surface area contributed by atoms with Crippen LogP contribution in [-0.2, 0) is 4.79 Å². The molecule has 1 aliphatic heterocycles. The molecule has 0 spiro atoms. The first-order chi connectivity index (χ1) is 10.5. The molecule has 1 aliphatic carbocycles. The first-order valence-corrected chi connectivity index (χ1v) is 9.27. The van der Waals surface area contributed by atoms with Crippen LogP contribution in [0.2, 0.25) is 0 Å². The van der Waals surface area contributed by atoms with Crippen molar-refractivity contribution < 1.29 is 4.79 Å². The third-order valence-electron chi connectivity index (χ3n) is 5.16. The zero-order valence-corrected chi connectivity index (χ0v) is 14.8. The Morgan fingerprint density at radius 1 is 1.14 bits per heavy atom. The maximum absolute atomic E-state index is 12.2. The Balaban J connectivity index is 1.62. The molecule has 1 heterocycles. The van der Waals surface area contributed by atoms with Gasteiger partial charge >= 0.3 is 0 Å². The van der Waals surface area contributed by atoms with Crippen molar-refractivity contribution in [2.75, 3.05) is 39.3 Å². The minimum Gasteiger partial charge on any atom is -0.352 e. The van der Waals surface area contributed by atoms with Gasteiger partial charge in [-0.2, -0.15) is 0 Å². The van der Waals surface area contributed by atoms with Gasteiger partial charge < -0.3 is 10.2 Å². The number of piperazine rings is 1. The lowest BCUT2D eigenvalue weighted by Crippen LogP contribution is -2.51. The van der Waals surface area contributed by atoms with Gasteiger partial charge in [-0.05, 0) is 37.6 Å². The van der Waals surface area contributed by atoms with Gasteiger partial charge in [-0.3, -0.25) is 9.69 Å². The van der Waals surface area contributed by atoms with E-state index in [0.29, 0.717) is 12.6 Å². The Bertz CT molecular complexity index is 337. The van der Waals surface area contributed by atoms with Gasteiger partial charge in [0, 0.05) is 32.2 Å². The van der Waals surface area contributed by atoms with Gasteiger partial charge in [0.05, 0.1) is 6.54 Å². The molecule has 0 aromatic heterocycles. The van der Waals surface area contributed by atoms with E-state index < -0.39 is 0 Å². The van der Waals surface area contributed by atoms with Crippen LogP contribution in [-0.4, -0.2) is 61.0 Å². The highest BCUT2D eigenvalue weighted by molar-refractivity contribution is 5.78. The molecular weight excluding hydrogens is 274 g/mol. The van der Waals surface area contributed by atoms with Crippen molar-refractivity contribution in [3.8, 4) is 0 Å². The van der Waals surface area contributed by atoms with Gasteiger partial charge in [0.15, 0.2) is 0 Å². The van der Waals surface area contributed by atoms with Crippen LogP contribution in [0.4, 0.5) is 0 Å². The number of amides is 1. The van der Waals surface area contributed by atoms with E-state index in [1.54, 1.807) is 0 Å². The fourth-order valence-corrected chi connectivity index (χ4v) is 3.65. The molecule has 2 fully saturated rings. The number of carbonyl (C=O) groups is 1. The summed E-state index contributed by atoms with van der Waals surface area (Å²) in [7, 11) is 0. The monoisotopic (exact) mass is 309 g/mol.